The highest BCUT2D eigenvalue weighted by Gasteiger charge is 2.25. The maximum atomic E-state index is 12.3. The number of hydrogen-bond acceptors (Lipinski definition) is 3. The third-order valence-corrected chi connectivity index (χ3v) is 4.22. The van der Waals surface area contributed by atoms with Gasteiger partial charge in [0.1, 0.15) is 5.75 Å². The van der Waals surface area contributed by atoms with E-state index in [2.05, 4.69) is 4.74 Å². The highest BCUT2D eigenvalue weighted by atomic mass is 32.2. The van der Waals surface area contributed by atoms with Crippen molar-refractivity contribution in [1.82, 2.24) is 0 Å². The Kier molecular flexibility index (Phi) is 4.58. The Labute approximate surface area is 109 Å². The summed E-state index contributed by atoms with van der Waals surface area (Å²) in [6.45, 7) is -2.90. The molecule has 1 aliphatic heterocycles. The first-order chi connectivity index (χ1) is 8.68. The first kappa shape index (κ1) is 13.3. The summed E-state index contributed by atoms with van der Waals surface area (Å²) in [4.78, 5) is 12.3. The Hall–Kier alpha value is -1.10. The number of ether oxygens (including phenoxy) is 1. The molecule has 1 atom stereocenters. The first-order valence-corrected chi connectivity index (χ1v) is 6.93. The molecule has 1 aromatic carbocycles. The number of halogens is 2. The Bertz CT molecular complexity index is 417. The van der Waals surface area contributed by atoms with Crippen LogP contribution in [0, 0.1) is 0 Å². The molecule has 5 heteroatoms. The average Bonchev–Trinajstić information content (AvgIpc) is 2.39. The zero-order chi connectivity index (χ0) is 13.0. The van der Waals surface area contributed by atoms with Gasteiger partial charge in [0.25, 0.3) is 0 Å². The second-order valence-electron chi connectivity index (χ2n) is 4.09. The van der Waals surface area contributed by atoms with Crippen molar-refractivity contribution in [3.63, 3.8) is 0 Å². The Morgan fingerprint density at radius 1 is 1.33 bits per heavy atom. The van der Waals surface area contributed by atoms with Gasteiger partial charge in [-0.2, -0.15) is 20.5 Å². The third kappa shape index (κ3) is 3.22. The van der Waals surface area contributed by atoms with Gasteiger partial charge in [-0.15, -0.1) is 0 Å². The van der Waals surface area contributed by atoms with E-state index in [1.165, 1.54) is 6.07 Å². The molecule has 0 N–H and O–H groups in total. The third-order valence-electron chi connectivity index (χ3n) is 2.84. The van der Waals surface area contributed by atoms with E-state index in [0.717, 1.165) is 25.0 Å². The van der Waals surface area contributed by atoms with Crippen LogP contribution in [0.3, 0.4) is 0 Å². The summed E-state index contributed by atoms with van der Waals surface area (Å²) in [7, 11) is 0. The van der Waals surface area contributed by atoms with E-state index in [1.807, 2.05) is 0 Å². The molecule has 1 unspecified atom stereocenters. The fourth-order valence-corrected chi connectivity index (χ4v) is 3.26. The van der Waals surface area contributed by atoms with Crippen LogP contribution in [0.1, 0.15) is 29.6 Å². The number of benzene rings is 1. The lowest BCUT2D eigenvalue weighted by atomic mass is 10.0. The van der Waals surface area contributed by atoms with E-state index in [9.17, 15) is 13.6 Å². The number of alkyl halides is 2. The lowest BCUT2D eigenvalue weighted by Crippen LogP contribution is -2.22. The predicted octanol–water partition coefficient (Wildman–Crippen LogP) is 3.76. The molecule has 0 bridgehead atoms. The van der Waals surface area contributed by atoms with E-state index in [1.54, 1.807) is 30.0 Å². The summed E-state index contributed by atoms with van der Waals surface area (Å²) >= 11 is 1.60. The highest BCUT2D eigenvalue weighted by Crippen LogP contribution is 2.31. The zero-order valence-corrected chi connectivity index (χ0v) is 10.6. The van der Waals surface area contributed by atoms with Crippen LogP contribution in [-0.2, 0) is 0 Å². The predicted molar refractivity (Wildman–Crippen MR) is 67.5 cm³/mol. The van der Waals surface area contributed by atoms with Crippen LogP contribution in [-0.4, -0.2) is 23.4 Å². The molecular weight excluding hydrogens is 258 g/mol. The minimum atomic E-state index is -2.90. The van der Waals surface area contributed by atoms with Crippen molar-refractivity contribution < 1.29 is 18.3 Å². The van der Waals surface area contributed by atoms with Crippen LogP contribution >= 0.6 is 11.8 Å². The van der Waals surface area contributed by atoms with Crippen molar-refractivity contribution in [2.45, 2.75) is 31.1 Å². The summed E-state index contributed by atoms with van der Waals surface area (Å²) in [5.41, 5.74) is 0.261. The Morgan fingerprint density at radius 3 is 2.78 bits per heavy atom. The second kappa shape index (κ2) is 6.18. The summed E-state index contributed by atoms with van der Waals surface area (Å²) in [5, 5.41) is -0.124. The fourth-order valence-electron chi connectivity index (χ4n) is 1.99. The number of hydrogen-bond donors (Lipinski definition) is 0. The number of Topliss-reactive ketones (excluding diaryl/α,β-unsaturated/α-hetero) is 1. The smallest absolute Gasteiger partial charge is 0.387 e. The first-order valence-electron chi connectivity index (χ1n) is 5.88. The number of carbonyl (C=O) groups excluding carboxylic acids is 1. The number of rotatable bonds is 4. The van der Waals surface area contributed by atoms with Crippen molar-refractivity contribution in [2.75, 3.05) is 5.75 Å². The Morgan fingerprint density at radius 2 is 2.11 bits per heavy atom. The Balaban J connectivity index is 2.18. The van der Waals surface area contributed by atoms with E-state index >= 15 is 0 Å². The largest absolute Gasteiger partial charge is 0.434 e. The highest BCUT2D eigenvalue weighted by molar-refractivity contribution is 8.00. The average molecular weight is 272 g/mol. The summed E-state index contributed by atoms with van der Waals surface area (Å²) in [6.07, 6.45) is 2.94. The molecule has 1 fully saturated rings. The normalized spacial score (nSPS) is 19.8. The molecule has 98 valence electrons. The molecule has 0 aliphatic carbocycles. The lowest BCUT2D eigenvalue weighted by molar-refractivity contribution is -0.0501. The molecule has 18 heavy (non-hydrogen) atoms. The van der Waals surface area contributed by atoms with Crippen molar-refractivity contribution >= 4 is 17.5 Å². The number of ketones is 1. The van der Waals surface area contributed by atoms with Crippen molar-refractivity contribution in [3.8, 4) is 5.75 Å². The summed E-state index contributed by atoms with van der Waals surface area (Å²) < 4.78 is 28.9. The fraction of sp³-hybridized carbons (Fsp3) is 0.462. The van der Waals surface area contributed by atoms with Gasteiger partial charge >= 0.3 is 6.61 Å². The molecule has 2 rings (SSSR count). The zero-order valence-electron chi connectivity index (χ0n) is 9.77. The van der Waals surface area contributed by atoms with Gasteiger partial charge in [-0.1, -0.05) is 18.6 Å². The van der Waals surface area contributed by atoms with E-state index in [0.29, 0.717) is 0 Å². The van der Waals surface area contributed by atoms with Crippen LogP contribution < -0.4 is 4.74 Å². The lowest BCUT2D eigenvalue weighted by Gasteiger charge is -2.21. The van der Waals surface area contributed by atoms with Gasteiger partial charge < -0.3 is 4.74 Å². The van der Waals surface area contributed by atoms with Crippen LogP contribution in [0.15, 0.2) is 24.3 Å². The second-order valence-corrected chi connectivity index (χ2v) is 5.40. The van der Waals surface area contributed by atoms with Gasteiger partial charge in [0.15, 0.2) is 5.78 Å². The molecule has 0 aromatic heterocycles. The molecule has 0 radical (unpaired) electrons. The van der Waals surface area contributed by atoms with Crippen LogP contribution in [0.4, 0.5) is 8.78 Å². The molecule has 0 spiro atoms. The summed E-state index contributed by atoms with van der Waals surface area (Å²) in [5.74, 6) is 0.827. The van der Waals surface area contributed by atoms with Gasteiger partial charge in [0.05, 0.1) is 10.8 Å². The van der Waals surface area contributed by atoms with E-state index in [4.69, 9.17) is 0 Å². The van der Waals surface area contributed by atoms with E-state index < -0.39 is 6.61 Å². The minimum absolute atomic E-state index is 0.0244. The summed E-state index contributed by atoms with van der Waals surface area (Å²) in [6, 6.07) is 6.21. The molecule has 1 aromatic rings. The molecule has 1 heterocycles. The van der Waals surface area contributed by atoms with Crippen molar-refractivity contribution in [1.29, 1.82) is 0 Å². The molecule has 2 nitrogen and oxygen atoms in total. The monoisotopic (exact) mass is 272 g/mol. The SMILES string of the molecule is O=C(c1ccccc1OC(F)F)C1CCCCS1. The minimum Gasteiger partial charge on any atom is -0.434 e. The van der Waals surface area contributed by atoms with Gasteiger partial charge in [0, 0.05) is 0 Å². The molecule has 1 aliphatic rings. The molecular formula is C13H14F2O2S. The molecule has 0 saturated carbocycles. The standard InChI is InChI=1S/C13H14F2O2S/c14-13(15)17-10-6-2-1-5-9(10)12(16)11-7-3-4-8-18-11/h1-2,5-6,11,13H,3-4,7-8H2. The number of thioether (sulfide) groups is 1. The van der Waals surface area contributed by atoms with Crippen LogP contribution in [0.5, 0.6) is 5.75 Å². The van der Waals surface area contributed by atoms with Crippen LogP contribution in [0.2, 0.25) is 0 Å². The maximum Gasteiger partial charge on any atom is 0.387 e. The molecule has 0 amide bonds. The van der Waals surface area contributed by atoms with E-state index in [-0.39, 0.29) is 22.3 Å². The van der Waals surface area contributed by atoms with Gasteiger partial charge in [-0.05, 0) is 30.7 Å². The van der Waals surface area contributed by atoms with Gasteiger partial charge in [0.2, 0.25) is 0 Å². The number of para-hydroxylation sites is 1. The van der Waals surface area contributed by atoms with Gasteiger partial charge in [-0.3, -0.25) is 4.79 Å². The van der Waals surface area contributed by atoms with Crippen molar-refractivity contribution in [3.05, 3.63) is 29.8 Å². The topological polar surface area (TPSA) is 26.3 Å². The number of carbonyl (C=O) groups is 1. The maximum absolute atomic E-state index is 12.3. The van der Waals surface area contributed by atoms with Crippen molar-refractivity contribution in [2.24, 2.45) is 0 Å². The quantitative estimate of drug-likeness (QED) is 0.781. The molecule has 1 saturated heterocycles. The van der Waals surface area contributed by atoms with Crippen LogP contribution in [0.25, 0.3) is 0 Å². The van der Waals surface area contributed by atoms with Gasteiger partial charge in [-0.25, -0.2) is 0 Å².